The summed E-state index contributed by atoms with van der Waals surface area (Å²) in [6.07, 6.45) is 2.70. The zero-order valence-electron chi connectivity index (χ0n) is 13.9. The average Bonchev–Trinajstić information content (AvgIpc) is 2.87. The highest BCUT2D eigenvalue weighted by Crippen LogP contribution is 2.32. The molecule has 1 aromatic heterocycles. The van der Waals surface area contributed by atoms with E-state index in [1.807, 2.05) is 16.4 Å². The number of rotatable bonds is 5. The second kappa shape index (κ2) is 6.22. The van der Waals surface area contributed by atoms with Crippen LogP contribution >= 0.6 is 0 Å². The monoisotopic (exact) mass is 350 g/mol. The van der Waals surface area contributed by atoms with Crippen molar-refractivity contribution in [3.05, 3.63) is 29.5 Å². The van der Waals surface area contributed by atoms with Crippen molar-refractivity contribution in [3.8, 4) is 0 Å². The number of hydrogen-bond donors (Lipinski definition) is 1. The van der Waals surface area contributed by atoms with Gasteiger partial charge in [-0.3, -0.25) is 9.35 Å². The largest absolute Gasteiger partial charge is 0.337 e. The van der Waals surface area contributed by atoms with Gasteiger partial charge in [0.1, 0.15) is 5.69 Å². The SMILES string of the molecule is CCCCN1CCc2c(n(CC)c3ccc(S(=O)(=O)O)cc23)C1=O. The molecular weight excluding hydrogens is 328 g/mol. The Kier molecular flexibility index (Phi) is 4.40. The van der Waals surface area contributed by atoms with E-state index in [1.165, 1.54) is 12.1 Å². The van der Waals surface area contributed by atoms with Crippen LogP contribution < -0.4 is 0 Å². The minimum atomic E-state index is -4.26. The fraction of sp³-hybridized carbons (Fsp3) is 0.471. The average molecular weight is 350 g/mol. The van der Waals surface area contributed by atoms with Crippen LogP contribution in [0.1, 0.15) is 42.7 Å². The maximum absolute atomic E-state index is 12.9. The zero-order valence-corrected chi connectivity index (χ0v) is 14.8. The normalized spacial score (nSPS) is 15.1. The topological polar surface area (TPSA) is 79.6 Å². The summed E-state index contributed by atoms with van der Waals surface area (Å²) in [5.41, 5.74) is 2.37. The summed E-state index contributed by atoms with van der Waals surface area (Å²) in [5.74, 6) is 0.0103. The molecule has 24 heavy (non-hydrogen) atoms. The Bertz CT molecular complexity index is 899. The Morgan fingerprint density at radius 3 is 2.62 bits per heavy atom. The molecule has 1 aliphatic heterocycles. The molecule has 1 aliphatic rings. The summed E-state index contributed by atoms with van der Waals surface area (Å²) in [6.45, 7) is 6.08. The maximum Gasteiger partial charge on any atom is 0.294 e. The van der Waals surface area contributed by atoms with Gasteiger partial charge in [0.2, 0.25) is 0 Å². The number of fused-ring (bicyclic) bond motifs is 3. The van der Waals surface area contributed by atoms with Gasteiger partial charge in [0, 0.05) is 30.5 Å². The summed E-state index contributed by atoms with van der Waals surface area (Å²) in [7, 11) is -4.26. The lowest BCUT2D eigenvalue weighted by Gasteiger charge is -2.28. The van der Waals surface area contributed by atoms with Crippen molar-refractivity contribution in [2.24, 2.45) is 0 Å². The van der Waals surface area contributed by atoms with Gasteiger partial charge in [-0.1, -0.05) is 13.3 Å². The summed E-state index contributed by atoms with van der Waals surface area (Å²) in [6, 6.07) is 4.53. The quantitative estimate of drug-likeness (QED) is 0.841. The van der Waals surface area contributed by atoms with Gasteiger partial charge in [-0.25, -0.2) is 0 Å². The van der Waals surface area contributed by atoms with Gasteiger partial charge in [0.05, 0.1) is 4.90 Å². The Labute approximate surface area is 141 Å². The molecule has 0 saturated carbocycles. The van der Waals surface area contributed by atoms with Crippen LogP contribution in [0.15, 0.2) is 23.1 Å². The number of nitrogens with zero attached hydrogens (tertiary/aromatic N) is 2. The van der Waals surface area contributed by atoms with Gasteiger partial charge < -0.3 is 9.47 Å². The number of aromatic nitrogens is 1. The predicted molar refractivity (Wildman–Crippen MR) is 91.9 cm³/mol. The maximum atomic E-state index is 12.9. The van der Waals surface area contributed by atoms with Crippen molar-refractivity contribution in [1.29, 1.82) is 0 Å². The van der Waals surface area contributed by atoms with Crippen LogP contribution in [0.2, 0.25) is 0 Å². The van der Waals surface area contributed by atoms with Crippen molar-refractivity contribution in [2.45, 2.75) is 44.6 Å². The van der Waals surface area contributed by atoms with E-state index in [1.54, 1.807) is 6.07 Å². The smallest absolute Gasteiger partial charge is 0.294 e. The molecule has 130 valence electrons. The minimum absolute atomic E-state index is 0.0103. The molecule has 1 N–H and O–H groups in total. The Morgan fingerprint density at radius 1 is 1.25 bits per heavy atom. The van der Waals surface area contributed by atoms with Crippen LogP contribution in [0.25, 0.3) is 10.9 Å². The lowest BCUT2D eigenvalue weighted by atomic mass is 10.0. The van der Waals surface area contributed by atoms with Crippen molar-refractivity contribution in [1.82, 2.24) is 9.47 Å². The molecule has 0 fully saturated rings. The minimum Gasteiger partial charge on any atom is -0.337 e. The third-order valence-electron chi connectivity index (χ3n) is 4.66. The predicted octanol–water partition coefficient (Wildman–Crippen LogP) is 2.71. The van der Waals surface area contributed by atoms with Gasteiger partial charge in [0.15, 0.2) is 0 Å². The van der Waals surface area contributed by atoms with E-state index in [9.17, 15) is 17.8 Å². The zero-order chi connectivity index (χ0) is 17.5. The fourth-order valence-corrected chi connectivity index (χ4v) is 3.96. The first-order chi connectivity index (χ1) is 11.4. The molecule has 0 spiro atoms. The molecule has 0 bridgehead atoms. The van der Waals surface area contributed by atoms with Crippen molar-refractivity contribution >= 4 is 26.9 Å². The number of amides is 1. The third-order valence-corrected chi connectivity index (χ3v) is 5.51. The van der Waals surface area contributed by atoms with E-state index < -0.39 is 10.1 Å². The van der Waals surface area contributed by atoms with Crippen molar-refractivity contribution in [2.75, 3.05) is 13.1 Å². The van der Waals surface area contributed by atoms with Crippen LogP contribution in [0, 0.1) is 0 Å². The Hall–Kier alpha value is -1.86. The molecule has 0 saturated heterocycles. The molecule has 0 radical (unpaired) electrons. The lowest BCUT2D eigenvalue weighted by Crippen LogP contribution is -2.39. The van der Waals surface area contributed by atoms with Crippen LogP contribution in [-0.4, -0.2) is 41.4 Å². The molecule has 1 aromatic carbocycles. The summed E-state index contributed by atoms with van der Waals surface area (Å²) >= 11 is 0. The van der Waals surface area contributed by atoms with Crippen molar-refractivity contribution < 1.29 is 17.8 Å². The highest BCUT2D eigenvalue weighted by Gasteiger charge is 2.30. The summed E-state index contributed by atoms with van der Waals surface area (Å²) in [5, 5.41) is 0.741. The summed E-state index contributed by atoms with van der Waals surface area (Å²) in [4.78, 5) is 14.6. The van der Waals surface area contributed by atoms with Gasteiger partial charge >= 0.3 is 0 Å². The molecule has 2 aromatic rings. The Morgan fingerprint density at radius 2 is 2.00 bits per heavy atom. The first kappa shape index (κ1) is 17.0. The molecule has 6 nitrogen and oxygen atoms in total. The molecule has 3 rings (SSSR count). The van der Waals surface area contributed by atoms with Gasteiger partial charge in [0.25, 0.3) is 16.0 Å². The first-order valence-corrected chi connectivity index (χ1v) is 9.74. The lowest BCUT2D eigenvalue weighted by molar-refractivity contribution is 0.0726. The number of hydrogen-bond acceptors (Lipinski definition) is 3. The number of benzene rings is 1. The first-order valence-electron chi connectivity index (χ1n) is 8.30. The van der Waals surface area contributed by atoms with Crippen LogP contribution in [0.3, 0.4) is 0 Å². The number of aryl methyl sites for hydroxylation is 1. The van der Waals surface area contributed by atoms with Crippen LogP contribution in [0.5, 0.6) is 0 Å². The third kappa shape index (κ3) is 2.71. The highest BCUT2D eigenvalue weighted by atomic mass is 32.2. The second-order valence-electron chi connectivity index (χ2n) is 6.12. The number of carbonyl (C=O) groups is 1. The number of carbonyl (C=O) groups excluding carboxylic acids is 1. The van der Waals surface area contributed by atoms with E-state index in [2.05, 4.69) is 6.92 Å². The van der Waals surface area contributed by atoms with E-state index in [0.717, 1.165) is 35.9 Å². The molecule has 0 aliphatic carbocycles. The van der Waals surface area contributed by atoms with Gasteiger partial charge in [-0.05, 0) is 43.5 Å². The Balaban J connectivity index is 2.17. The van der Waals surface area contributed by atoms with E-state index in [4.69, 9.17) is 0 Å². The van der Waals surface area contributed by atoms with Gasteiger partial charge in [-0.15, -0.1) is 0 Å². The summed E-state index contributed by atoms with van der Waals surface area (Å²) < 4.78 is 34.1. The highest BCUT2D eigenvalue weighted by molar-refractivity contribution is 7.85. The molecule has 0 atom stereocenters. The molecular formula is C17H22N2O4S. The van der Waals surface area contributed by atoms with Gasteiger partial charge in [-0.2, -0.15) is 8.42 Å². The van der Waals surface area contributed by atoms with Crippen LogP contribution in [0.4, 0.5) is 0 Å². The van der Waals surface area contributed by atoms with Crippen LogP contribution in [-0.2, 0) is 23.1 Å². The molecule has 2 heterocycles. The number of unbranched alkanes of at least 4 members (excludes halogenated alkanes) is 1. The van der Waals surface area contributed by atoms with E-state index >= 15 is 0 Å². The van der Waals surface area contributed by atoms with Crippen molar-refractivity contribution in [3.63, 3.8) is 0 Å². The standard InChI is InChI=1S/C17H22N2O4S/c1-3-5-9-18-10-8-13-14-11-12(24(21,22)23)6-7-15(14)19(4-2)16(13)17(18)20/h6-7,11H,3-5,8-10H2,1-2H3,(H,21,22,23). The second-order valence-corrected chi connectivity index (χ2v) is 7.54. The molecule has 0 unspecified atom stereocenters. The van der Waals surface area contributed by atoms with E-state index in [-0.39, 0.29) is 10.8 Å². The fourth-order valence-electron chi connectivity index (χ4n) is 3.45. The molecule has 7 heteroatoms. The van der Waals surface area contributed by atoms with E-state index in [0.29, 0.717) is 25.2 Å². The molecule has 1 amide bonds.